The van der Waals surface area contributed by atoms with Crippen LogP contribution in [0.2, 0.25) is 0 Å². The van der Waals surface area contributed by atoms with Gasteiger partial charge in [-0.05, 0) is 26.3 Å². The predicted molar refractivity (Wildman–Crippen MR) is 72.0 cm³/mol. The zero-order valence-corrected chi connectivity index (χ0v) is 12.5. The summed E-state index contributed by atoms with van der Waals surface area (Å²) in [6, 6.07) is 0. The Kier molecular flexibility index (Phi) is 7.97. The minimum Gasteiger partial charge on any atom is -0.750 e. The Morgan fingerprint density at radius 2 is 2.10 bits per heavy atom. The molecule has 1 amide bonds. The van der Waals surface area contributed by atoms with Gasteiger partial charge in [-0.25, -0.2) is 9.00 Å². The lowest BCUT2D eigenvalue weighted by Gasteiger charge is -2.29. The molecule has 0 aromatic carbocycles. The molecule has 8 heteroatoms. The molecule has 0 heterocycles. The number of ether oxygens (including phenoxy) is 1. The largest absolute Gasteiger partial charge is 0.750 e. The summed E-state index contributed by atoms with van der Waals surface area (Å²) in [4.78, 5) is 22.6. The highest BCUT2D eigenvalue weighted by Gasteiger charge is 2.25. The summed E-state index contributed by atoms with van der Waals surface area (Å²) < 4.78 is 29.9. The smallest absolute Gasteiger partial charge is 0.333 e. The monoisotopic (exact) mass is 304 g/mol. The Bertz CT molecular complexity index is 434. The fraction of sp³-hybridized carbons (Fsp3) is 0.500. The molecule has 0 spiro atoms. The normalized spacial score (nSPS) is 15.9. The third-order valence-electron chi connectivity index (χ3n) is 2.45. The highest BCUT2D eigenvalue weighted by atomic mass is 32.2. The Balaban J connectivity index is 4.92. The van der Waals surface area contributed by atoms with Gasteiger partial charge in [0.15, 0.2) is 0 Å². The van der Waals surface area contributed by atoms with Gasteiger partial charge in [0.2, 0.25) is 5.91 Å². The SMILES string of the molecule is C=CC(=O)NC(C)(CC=C(C)C(=O)OC)COS(=O)[O-]. The number of methoxy groups -OCH3 is 1. The predicted octanol–water partition coefficient (Wildman–Crippen LogP) is 0.367. The van der Waals surface area contributed by atoms with Crippen molar-refractivity contribution in [1.29, 1.82) is 0 Å². The van der Waals surface area contributed by atoms with Crippen molar-refractivity contribution in [2.24, 2.45) is 0 Å². The lowest BCUT2D eigenvalue weighted by atomic mass is 9.97. The molecule has 2 atom stereocenters. The molecule has 2 unspecified atom stereocenters. The van der Waals surface area contributed by atoms with E-state index >= 15 is 0 Å². The van der Waals surface area contributed by atoms with Crippen LogP contribution in [0.15, 0.2) is 24.3 Å². The molecule has 0 aromatic heterocycles. The average Bonchev–Trinajstić information content (AvgIpc) is 2.41. The maximum Gasteiger partial charge on any atom is 0.333 e. The van der Waals surface area contributed by atoms with Gasteiger partial charge in [0.05, 0.1) is 30.6 Å². The van der Waals surface area contributed by atoms with E-state index in [2.05, 4.69) is 20.8 Å². The first-order valence-electron chi connectivity index (χ1n) is 5.66. The number of hydrogen-bond donors (Lipinski definition) is 1. The lowest BCUT2D eigenvalue weighted by Crippen LogP contribution is -2.48. The van der Waals surface area contributed by atoms with E-state index in [1.54, 1.807) is 13.8 Å². The number of rotatable bonds is 8. The number of hydrogen-bond acceptors (Lipinski definition) is 6. The van der Waals surface area contributed by atoms with E-state index in [0.717, 1.165) is 6.08 Å². The van der Waals surface area contributed by atoms with Crippen molar-refractivity contribution in [3.8, 4) is 0 Å². The molecule has 0 radical (unpaired) electrons. The van der Waals surface area contributed by atoms with Gasteiger partial charge in [-0.1, -0.05) is 12.7 Å². The van der Waals surface area contributed by atoms with Crippen LogP contribution >= 0.6 is 0 Å². The molecular formula is C12H18NO6S-. The standard InChI is InChI=1S/C12H19NO6S/c1-5-10(14)13-12(3,8-19-20(16)17)7-6-9(2)11(15)18-4/h5-6H,1,7-8H2,2-4H3,(H,13,14)(H,16,17)/p-1. The third kappa shape index (κ3) is 7.17. The van der Waals surface area contributed by atoms with Gasteiger partial charge < -0.3 is 14.6 Å². The Labute approximate surface area is 120 Å². The zero-order valence-electron chi connectivity index (χ0n) is 11.6. The topological polar surface area (TPSA) is 105 Å². The van der Waals surface area contributed by atoms with E-state index in [1.807, 2.05) is 0 Å². The Morgan fingerprint density at radius 3 is 2.55 bits per heavy atom. The Hall–Kier alpha value is -1.51. The van der Waals surface area contributed by atoms with Crippen LogP contribution in [0.1, 0.15) is 20.3 Å². The average molecular weight is 304 g/mol. The molecule has 7 nitrogen and oxygen atoms in total. The van der Waals surface area contributed by atoms with Crippen LogP contribution in [0.5, 0.6) is 0 Å². The van der Waals surface area contributed by atoms with Crippen molar-refractivity contribution in [2.75, 3.05) is 13.7 Å². The van der Waals surface area contributed by atoms with Crippen LogP contribution in [-0.2, 0) is 29.9 Å². The van der Waals surface area contributed by atoms with Crippen molar-refractivity contribution in [3.63, 3.8) is 0 Å². The third-order valence-corrected chi connectivity index (χ3v) is 2.76. The molecule has 114 valence electrons. The van der Waals surface area contributed by atoms with E-state index in [9.17, 15) is 18.4 Å². The summed E-state index contributed by atoms with van der Waals surface area (Å²) in [5, 5.41) is 2.56. The first-order valence-corrected chi connectivity index (χ1v) is 6.66. The molecule has 1 N–H and O–H groups in total. The van der Waals surface area contributed by atoms with Crippen molar-refractivity contribution in [2.45, 2.75) is 25.8 Å². The molecule has 0 aliphatic rings. The van der Waals surface area contributed by atoms with Gasteiger partial charge in [-0.3, -0.25) is 8.98 Å². The minimum absolute atomic E-state index is 0.185. The van der Waals surface area contributed by atoms with E-state index in [1.165, 1.54) is 13.2 Å². The van der Waals surface area contributed by atoms with Crippen molar-refractivity contribution in [1.82, 2.24) is 5.32 Å². The first kappa shape index (κ1) is 18.5. The van der Waals surface area contributed by atoms with E-state index in [-0.39, 0.29) is 13.0 Å². The molecule has 0 saturated heterocycles. The molecule has 0 aromatic rings. The fourth-order valence-corrected chi connectivity index (χ4v) is 1.65. The van der Waals surface area contributed by atoms with Crippen LogP contribution in [0.3, 0.4) is 0 Å². The van der Waals surface area contributed by atoms with Crippen LogP contribution in [-0.4, -0.2) is 39.9 Å². The van der Waals surface area contributed by atoms with Gasteiger partial charge in [-0.2, -0.15) is 0 Å². The molecule has 0 aliphatic heterocycles. The number of carbonyl (C=O) groups excluding carboxylic acids is 2. The number of amides is 1. The summed E-state index contributed by atoms with van der Waals surface area (Å²) in [7, 11) is 1.25. The highest BCUT2D eigenvalue weighted by Crippen LogP contribution is 2.14. The zero-order chi connectivity index (χ0) is 15.8. The maximum absolute atomic E-state index is 11.4. The Morgan fingerprint density at radius 1 is 1.50 bits per heavy atom. The van der Waals surface area contributed by atoms with Gasteiger partial charge in [0.25, 0.3) is 0 Å². The van der Waals surface area contributed by atoms with Crippen molar-refractivity contribution in [3.05, 3.63) is 24.3 Å². The van der Waals surface area contributed by atoms with Crippen LogP contribution < -0.4 is 5.32 Å². The maximum atomic E-state index is 11.4. The van der Waals surface area contributed by atoms with E-state index in [0.29, 0.717) is 5.57 Å². The highest BCUT2D eigenvalue weighted by molar-refractivity contribution is 7.74. The van der Waals surface area contributed by atoms with Gasteiger partial charge in [0, 0.05) is 5.57 Å². The van der Waals surface area contributed by atoms with Crippen LogP contribution in [0, 0.1) is 0 Å². The van der Waals surface area contributed by atoms with Gasteiger partial charge in [-0.15, -0.1) is 0 Å². The molecular weight excluding hydrogens is 286 g/mol. The number of esters is 1. The fourth-order valence-electron chi connectivity index (χ4n) is 1.30. The molecule has 0 fully saturated rings. The molecule has 0 rings (SSSR count). The van der Waals surface area contributed by atoms with Crippen LogP contribution in [0.25, 0.3) is 0 Å². The second-order valence-corrected chi connectivity index (χ2v) is 4.95. The summed E-state index contributed by atoms with van der Waals surface area (Å²) in [6.07, 6.45) is 2.78. The summed E-state index contributed by atoms with van der Waals surface area (Å²) in [5.41, 5.74) is -0.657. The second kappa shape index (κ2) is 8.62. The van der Waals surface area contributed by atoms with Crippen molar-refractivity contribution >= 4 is 23.2 Å². The van der Waals surface area contributed by atoms with E-state index < -0.39 is 28.8 Å². The molecule has 0 saturated carbocycles. The molecule has 0 aliphatic carbocycles. The first-order chi connectivity index (χ1) is 9.24. The van der Waals surface area contributed by atoms with Crippen molar-refractivity contribution < 1.29 is 27.3 Å². The molecule has 0 bridgehead atoms. The molecule has 20 heavy (non-hydrogen) atoms. The summed E-state index contributed by atoms with van der Waals surface area (Å²) in [6.45, 7) is 6.18. The summed E-state index contributed by atoms with van der Waals surface area (Å²) >= 11 is -2.69. The van der Waals surface area contributed by atoms with Gasteiger partial charge >= 0.3 is 5.97 Å². The summed E-state index contributed by atoms with van der Waals surface area (Å²) in [5.74, 6) is -0.979. The minimum atomic E-state index is -2.69. The number of nitrogens with one attached hydrogen (secondary N) is 1. The van der Waals surface area contributed by atoms with Gasteiger partial charge in [0.1, 0.15) is 0 Å². The lowest BCUT2D eigenvalue weighted by molar-refractivity contribution is -0.136. The second-order valence-electron chi connectivity index (χ2n) is 4.30. The van der Waals surface area contributed by atoms with Crippen LogP contribution in [0.4, 0.5) is 0 Å². The number of carbonyl (C=O) groups is 2. The van der Waals surface area contributed by atoms with E-state index in [4.69, 9.17) is 0 Å². The quantitative estimate of drug-likeness (QED) is 0.394.